The van der Waals surface area contributed by atoms with Crippen molar-refractivity contribution < 1.29 is 9.21 Å². The summed E-state index contributed by atoms with van der Waals surface area (Å²) in [6, 6.07) is 9.26. The van der Waals surface area contributed by atoms with E-state index in [1.54, 1.807) is 43.1 Å². The van der Waals surface area contributed by atoms with Gasteiger partial charge >= 0.3 is 0 Å². The summed E-state index contributed by atoms with van der Waals surface area (Å²) < 4.78 is 5.23. The minimum atomic E-state index is -0.0116. The topological polar surface area (TPSA) is 84.2 Å². The number of hydrogen-bond acceptors (Lipinski definition) is 6. The van der Waals surface area contributed by atoms with Crippen molar-refractivity contribution in [1.82, 2.24) is 19.9 Å². The largest absolute Gasteiger partial charge is 0.465 e. The van der Waals surface area contributed by atoms with Crippen molar-refractivity contribution in [3.63, 3.8) is 0 Å². The quantitative estimate of drug-likeness (QED) is 0.686. The first-order valence-corrected chi connectivity index (χ1v) is 9.28. The van der Waals surface area contributed by atoms with Crippen molar-refractivity contribution >= 4 is 23.6 Å². The van der Waals surface area contributed by atoms with Crippen LogP contribution in [0.4, 0.5) is 11.6 Å². The van der Waals surface area contributed by atoms with Crippen molar-refractivity contribution in [3.05, 3.63) is 72.7 Å². The number of aromatic nitrogens is 3. The maximum absolute atomic E-state index is 12.5. The number of furan rings is 1. The first-order valence-electron chi connectivity index (χ1n) is 9.28. The number of nitrogens with zero attached hydrogens (tertiary/aromatic N) is 4. The molecule has 28 heavy (non-hydrogen) atoms. The first-order chi connectivity index (χ1) is 13.8. The smallest absolute Gasteiger partial charge is 0.246 e. The summed E-state index contributed by atoms with van der Waals surface area (Å²) in [7, 11) is 0. The lowest BCUT2D eigenvalue weighted by Gasteiger charge is -2.31. The second kappa shape index (κ2) is 8.47. The molecule has 4 rings (SSSR count). The molecule has 142 valence electrons. The molecule has 1 saturated heterocycles. The summed E-state index contributed by atoms with van der Waals surface area (Å²) in [5.41, 5.74) is 0.902. The maximum atomic E-state index is 12.5. The zero-order valence-electron chi connectivity index (χ0n) is 15.4. The molecule has 3 aromatic heterocycles. The Hall–Kier alpha value is -3.48. The van der Waals surface area contributed by atoms with Gasteiger partial charge in [-0.1, -0.05) is 6.07 Å². The highest BCUT2D eigenvalue weighted by Gasteiger charge is 2.24. The zero-order chi connectivity index (χ0) is 19.2. The van der Waals surface area contributed by atoms with E-state index in [1.807, 2.05) is 29.2 Å². The monoisotopic (exact) mass is 375 g/mol. The highest BCUT2D eigenvalue weighted by atomic mass is 16.3. The summed E-state index contributed by atoms with van der Waals surface area (Å²) in [6.45, 7) is 1.40. The number of hydrogen-bond donors (Lipinski definition) is 1. The van der Waals surface area contributed by atoms with Gasteiger partial charge in [-0.25, -0.2) is 9.97 Å². The van der Waals surface area contributed by atoms with E-state index in [0.29, 0.717) is 18.1 Å². The van der Waals surface area contributed by atoms with Crippen molar-refractivity contribution in [1.29, 1.82) is 0 Å². The van der Waals surface area contributed by atoms with Crippen LogP contribution in [0, 0.1) is 0 Å². The van der Waals surface area contributed by atoms with Gasteiger partial charge in [0, 0.05) is 31.3 Å². The first kappa shape index (κ1) is 17.9. The number of anilines is 2. The van der Waals surface area contributed by atoms with E-state index >= 15 is 0 Å². The summed E-state index contributed by atoms with van der Waals surface area (Å²) in [5, 5.41) is 3.12. The van der Waals surface area contributed by atoms with Crippen LogP contribution < -0.4 is 5.32 Å². The van der Waals surface area contributed by atoms with Crippen molar-refractivity contribution in [3.8, 4) is 0 Å². The number of pyridine rings is 1. The molecule has 0 radical (unpaired) electrons. The Bertz CT molecular complexity index is 923. The average Bonchev–Trinajstić information content (AvgIpc) is 3.27. The van der Waals surface area contributed by atoms with E-state index in [-0.39, 0.29) is 11.8 Å². The molecule has 7 nitrogen and oxygen atoms in total. The van der Waals surface area contributed by atoms with Gasteiger partial charge in [0.25, 0.3) is 0 Å². The molecule has 1 aliphatic heterocycles. The number of amides is 1. The molecule has 1 aliphatic rings. The zero-order valence-corrected chi connectivity index (χ0v) is 15.4. The molecular weight excluding hydrogens is 354 g/mol. The average molecular weight is 375 g/mol. The second-order valence-electron chi connectivity index (χ2n) is 6.64. The van der Waals surface area contributed by atoms with Crippen molar-refractivity contribution in [2.75, 3.05) is 18.4 Å². The third-order valence-corrected chi connectivity index (χ3v) is 4.68. The van der Waals surface area contributed by atoms with Gasteiger partial charge in [0.05, 0.1) is 24.4 Å². The van der Waals surface area contributed by atoms with E-state index in [4.69, 9.17) is 4.42 Å². The number of likely N-dealkylation sites (tertiary alicyclic amines) is 1. The van der Waals surface area contributed by atoms with Crippen LogP contribution in [0.15, 0.2) is 65.7 Å². The lowest BCUT2D eigenvalue weighted by atomic mass is 9.95. The Labute approximate surface area is 163 Å². The van der Waals surface area contributed by atoms with E-state index in [0.717, 1.165) is 30.9 Å². The summed E-state index contributed by atoms with van der Waals surface area (Å²) in [5.74, 6) is 2.22. The van der Waals surface area contributed by atoms with Crippen LogP contribution >= 0.6 is 0 Å². The van der Waals surface area contributed by atoms with Gasteiger partial charge in [-0.2, -0.15) is 0 Å². The molecule has 0 aliphatic carbocycles. The molecule has 0 spiro atoms. The van der Waals surface area contributed by atoms with E-state index in [9.17, 15) is 4.79 Å². The Kier molecular flexibility index (Phi) is 5.42. The predicted octanol–water partition coefficient (Wildman–Crippen LogP) is 3.63. The number of carbonyl (C=O) groups excluding carboxylic acids is 1. The van der Waals surface area contributed by atoms with Crippen LogP contribution in [-0.4, -0.2) is 38.8 Å². The fourth-order valence-corrected chi connectivity index (χ4v) is 3.24. The van der Waals surface area contributed by atoms with Crippen LogP contribution in [0.25, 0.3) is 6.08 Å². The van der Waals surface area contributed by atoms with Crippen LogP contribution in [-0.2, 0) is 4.79 Å². The highest BCUT2D eigenvalue weighted by molar-refractivity contribution is 5.91. The Morgan fingerprint density at radius 2 is 2.11 bits per heavy atom. The summed E-state index contributed by atoms with van der Waals surface area (Å²) >= 11 is 0. The molecule has 7 heteroatoms. The normalized spacial score (nSPS) is 17.0. The third kappa shape index (κ3) is 4.43. The maximum Gasteiger partial charge on any atom is 0.246 e. The number of carbonyl (C=O) groups is 1. The summed E-state index contributed by atoms with van der Waals surface area (Å²) in [4.78, 5) is 27.5. The standard InChI is InChI=1S/C21H21N5O2/c27-21(9-8-17-6-4-12-28-17)26-11-3-5-16(15-26)18-13-24-20(14-23-18)25-19-7-1-2-10-22-19/h1-2,4,6-10,12-14,16H,3,5,11,15H2,(H,22,24,25)/b9-8+/t16-/m1/s1. The van der Waals surface area contributed by atoms with Crippen LogP contribution in [0.1, 0.15) is 30.2 Å². The van der Waals surface area contributed by atoms with Gasteiger partial charge in [-0.15, -0.1) is 0 Å². The van der Waals surface area contributed by atoms with Gasteiger partial charge in [0.1, 0.15) is 17.4 Å². The molecule has 1 fully saturated rings. The van der Waals surface area contributed by atoms with Crippen LogP contribution in [0.3, 0.4) is 0 Å². The minimum Gasteiger partial charge on any atom is -0.465 e. The van der Waals surface area contributed by atoms with E-state index < -0.39 is 0 Å². The predicted molar refractivity (Wildman–Crippen MR) is 106 cm³/mol. The molecule has 0 bridgehead atoms. The lowest BCUT2D eigenvalue weighted by Crippen LogP contribution is -2.38. The molecule has 0 saturated carbocycles. The SMILES string of the molecule is O=C(/C=C/c1ccco1)N1CCC[C@@H](c2cnc(Nc3ccccn3)cn2)C1. The van der Waals surface area contributed by atoms with Gasteiger partial charge in [-0.3, -0.25) is 9.78 Å². The van der Waals surface area contributed by atoms with Gasteiger partial charge in [-0.05, 0) is 43.2 Å². The van der Waals surface area contributed by atoms with Gasteiger partial charge in [0.15, 0.2) is 0 Å². The second-order valence-corrected chi connectivity index (χ2v) is 6.64. The molecule has 1 N–H and O–H groups in total. The molecule has 0 unspecified atom stereocenters. The lowest BCUT2D eigenvalue weighted by molar-refractivity contribution is -0.127. The van der Waals surface area contributed by atoms with Crippen LogP contribution in [0.2, 0.25) is 0 Å². The highest BCUT2D eigenvalue weighted by Crippen LogP contribution is 2.26. The van der Waals surface area contributed by atoms with Gasteiger partial charge < -0.3 is 14.6 Å². The number of nitrogens with one attached hydrogen (secondary N) is 1. The van der Waals surface area contributed by atoms with E-state index in [2.05, 4.69) is 20.3 Å². The Morgan fingerprint density at radius 3 is 2.86 bits per heavy atom. The molecule has 3 aromatic rings. The Balaban J connectivity index is 1.38. The Morgan fingerprint density at radius 1 is 1.14 bits per heavy atom. The molecular formula is C21H21N5O2. The summed E-state index contributed by atoms with van der Waals surface area (Å²) in [6.07, 6.45) is 12.0. The third-order valence-electron chi connectivity index (χ3n) is 4.68. The minimum absolute atomic E-state index is 0.0116. The fourth-order valence-electron chi connectivity index (χ4n) is 3.24. The molecule has 1 amide bonds. The molecule has 4 heterocycles. The van der Waals surface area contributed by atoms with Crippen molar-refractivity contribution in [2.45, 2.75) is 18.8 Å². The van der Waals surface area contributed by atoms with E-state index in [1.165, 1.54) is 0 Å². The molecule has 1 atom stereocenters. The number of piperidine rings is 1. The number of rotatable bonds is 5. The van der Waals surface area contributed by atoms with Crippen LogP contribution in [0.5, 0.6) is 0 Å². The fraction of sp³-hybridized carbons (Fsp3) is 0.238. The molecule has 0 aromatic carbocycles. The van der Waals surface area contributed by atoms with Gasteiger partial charge in [0.2, 0.25) is 5.91 Å². The van der Waals surface area contributed by atoms with Crippen molar-refractivity contribution in [2.24, 2.45) is 0 Å².